The van der Waals surface area contributed by atoms with E-state index in [9.17, 15) is 8.42 Å². The van der Waals surface area contributed by atoms with Crippen LogP contribution in [0.25, 0.3) is 11.4 Å². The van der Waals surface area contributed by atoms with Gasteiger partial charge < -0.3 is 4.52 Å². The number of benzene rings is 2. The zero-order valence-corrected chi connectivity index (χ0v) is 15.5. The van der Waals surface area contributed by atoms with Gasteiger partial charge in [-0.05, 0) is 43.0 Å². The molecule has 0 radical (unpaired) electrons. The van der Waals surface area contributed by atoms with Crippen molar-refractivity contribution in [3.63, 3.8) is 0 Å². The molecule has 4 rings (SSSR count). The van der Waals surface area contributed by atoms with Gasteiger partial charge in [0.25, 0.3) is 10.0 Å². The van der Waals surface area contributed by atoms with Crippen LogP contribution in [0.3, 0.4) is 0 Å². The van der Waals surface area contributed by atoms with E-state index < -0.39 is 10.0 Å². The highest BCUT2D eigenvalue weighted by atomic mass is 32.2. The molecule has 0 fully saturated rings. The molecular formula is C19H19N3O3S. The van der Waals surface area contributed by atoms with Gasteiger partial charge in [0.05, 0.1) is 10.6 Å². The normalized spacial score (nSPS) is 14.3. The number of sulfonamides is 1. The summed E-state index contributed by atoms with van der Waals surface area (Å²) in [4.78, 5) is 4.47. The minimum atomic E-state index is -3.68. The lowest BCUT2D eigenvalue weighted by Crippen LogP contribution is -2.35. The minimum absolute atomic E-state index is 0.272. The van der Waals surface area contributed by atoms with E-state index in [0.717, 1.165) is 24.1 Å². The third-order valence-corrected chi connectivity index (χ3v) is 6.56. The fourth-order valence-electron chi connectivity index (χ4n) is 3.30. The second-order valence-electron chi connectivity index (χ2n) is 6.43. The Morgan fingerprint density at radius 3 is 2.69 bits per heavy atom. The summed E-state index contributed by atoms with van der Waals surface area (Å²) in [5, 5.41) is 3.89. The van der Waals surface area contributed by atoms with Crippen LogP contribution < -0.4 is 4.31 Å². The molecule has 0 saturated heterocycles. The zero-order valence-electron chi connectivity index (χ0n) is 14.6. The fraction of sp³-hybridized carbons (Fsp3) is 0.263. The number of rotatable bonds is 3. The average molecular weight is 369 g/mol. The van der Waals surface area contributed by atoms with Crippen molar-refractivity contribution in [2.24, 2.45) is 0 Å². The first kappa shape index (κ1) is 16.8. The highest BCUT2D eigenvalue weighted by Gasteiger charge is 2.30. The molecule has 0 saturated carbocycles. The molecule has 1 aliphatic rings. The highest BCUT2D eigenvalue weighted by Crippen LogP contribution is 2.33. The Hall–Kier alpha value is -2.67. The zero-order chi connectivity index (χ0) is 18.3. The van der Waals surface area contributed by atoms with Crippen molar-refractivity contribution in [1.82, 2.24) is 10.1 Å². The Kier molecular flexibility index (Phi) is 4.03. The Balaban J connectivity index is 1.82. The first-order valence-corrected chi connectivity index (χ1v) is 9.93. The van der Waals surface area contributed by atoms with E-state index in [4.69, 9.17) is 4.52 Å². The smallest absolute Gasteiger partial charge is 0.264 e. The Morgan fingerprint density at radius 2 is 1.92 bits per heavy atom. The molecule has 0 atom stereocenters. The van der Waals surface area contributed by atoms with Crippen LogP contribution in [0.5, 0.6) is 0 Å². The molecule has 1 aliphatic heterocycles. The average Bonchev–Trinajstić information content (AvgIpc) is 3.08. The molecule has 0 unspecified atom stereocenters. The topological polar surface area (TPSA) is 76.3 Å². The first-order chi connectivity index (χ1) is 12.5. The molecule has 0 aliphatic carbocycles. The van der Waals surface area contributed by atoms with Gasteiger partial charge >= 0.3 is 0 Å². The molecule has 134 valence electrons. The van der Waals surface area contributed by atoms with Crippen molar-refractivity contribution in [3.05, 3.63) is 59.5 Å². The van der Waals surface area contributed by atoms with E-state index in [2.05, 4.69) is 10.1 Å². The second-order valence-corrected chi connectivity index (χ2v) is 8.26. The van der Waals surface area contributed by atoms with Crippen molar-refractivity contribution in [2.45, 2.75) is 31.6 Å². The van der Waals surface area contributed by atoms with Crippen LogP contribution >= 0.6 is 0 Å². The maximum Gasteiger partial charge on any atom is 0.264 e. The Labute approximate surface area is 152 Å². The van der Waals surface area contributed by atoms with Gasteiger partial charge in [0, 0.05) is 19.0 Å². The third-order valence-electron chi connectivity index (χ3n) is 4.61. The summed E-state index contributed by atoms with van der Waals surface area (Å²) in [5.41, 5.74) is 3.14. The quantitative estimate of drug-likeness (QED) is 0.706. The summed E-state index contributed by atoms with van der Waals surface area (Å²) >= 11 is 0. The molecular weight excluding hydrogens is 350 g/mol. The van der Waals surface area contributed by atoms with Gasteiger partial charge in [0.1, 0.15) is 0 Å². The van der Waals surface area contributed by atoms with E-state index in [1.807, 2.05) is 30.3 Å². The molecule has 0 amide bonds. The molecule has 2 aromatic carbocycles. The van der Waals surface area contributed by atoms with Crippen molar-refractivity contribution >= 4 is 15.7 Å². The summed E-state index contributed by atoms with van der Waals surface area (Å²) in [6, 6.07) is 12.9. The molecule has 0 bridgehead atoms. The van der Waals surface area contributed by atoms with E-state index in [1.54, 1.807) is 26.0 Å². The Morgan fingerprint density at radius 1 is 1.12 bits per heavy atom. The predicted octanol–water partition coefficient (Wildman–Crippen LogP) is 3.49. The minimum Gasteiger partial charge on any atom is -0.339 e. The van der Waals surface area contributed by atoms with Gasteiger partial charge in [0.2, 0.25) is 11.7 Å². The first-order valence-electron chi connectivity index (χ1n) is 8.49. The number of hydrogen-bond donors (Lipinski definition) is 0. The second kappa shape index (κ2) is 6.25. The number of para-hydroxylation sites is 1. The van der Waals surface area contributed by atoms with Crippen LogP contribution in [0.1, 0.15) is 23.4 Å². The van der Waals surface area contributed by atoms with Crippen LogP contribution in [0.4, 0.5) is 5.69 Å². The van der Waals surface area contributed by atoms with E-state index >= 15 is 0 Å². The standard InChI is InChI=1S/C19H19N3O3S/c1-13-9-10-16(19-20-14(2)25-21-19)12-18(13)26(23,24)22-11-5-7-15-6-3-4-8-17(15)22/h3-4,6,8-10,12H,5,7,11H2,1-2H3. The van der Waals surface area contributed by atoms with Crippen molar-refractivity contribution in [3.8, 4) is 11.4 Å². The molecule has 1 aromatic heterocycles. The maximum atomic E-state index is 13.4. The predicted molar refractivity (Wildman–Crippen MR) is 98.5 cm³/mol. The summed E-state index contributed by atoms with van der Waals surface area (Å²) < 4.78 is 33.4. The van der Waals surface area contributed by atoms with Crippen LogP contribution in [-0.4, -0.2) is 25.1 Å². The van der Waals surface area contributed by atoms with Gasteiger partial charge in [-0.3, -0.25) is 4.31 Å². The van der Waals surface area contributed by atoms with Gasteiger partial charge in [-0.15, -0.1) is 0 Å². The van der Waals surface area contributed by atoms with Crippen molar-refractivity contribution in [2.75, 3.05) is 10.8 Å². The van der Waals surface area contributed by atoms with Crippen LogP contribution in [0, 0.1) is 13.8 Å². The fourth-order valence-corrected chi connectivity index (χ4v) is 5.10. The summed E-state index contributed by atoms with van der Waals surface area (Å²) in [6.45, 7) is 3.98. The number of nitrogens with zero attached hydrogens (tertiary/aromatic N) is 3. The van der Waals surface area contributed by atoms with Crippen molar-refractivity contribution < 1.29 is 12.9 Å². The van der Waals surface area contributed by atoms with Crippen molar-refractivity contribution in [1.29, 1.82) is 0 Å². The number of anilines is 1. The largest absolute Gasteiger partial charge is 0.339 e. The van der Waals surface area contributed by atoms with E-state index in [1.165, 1.54) is 4.31 Å². The molecule has 6 nitrogen and oxygen atoms in total. The van der Waals surface area contributed by atoms with Gasteiger partial charge in [0.15, 0.2) is 0 Å². The van der Waals surface area contributed by atoms with Crippen LogP contribution in [0.2, 0.25) is 0 Å². The van der Waals surface area contributed by atoms with Crippen LogP contribution in [-0.2, 0) is 16.4 Å². The van der Waals surface area contributed by atoms with E-state index in [-0.39, 0.29) is 4.90 Å². The molecule has 7 heteroatoms. The SMILES string of the molecule is Cc1nc(-c2ccc(C)c(S(=O)(=O)N3CCCc4ccccc43)c2)no1. The third kappa shape index (κ3) is 2.78. The van der Waals surface area contributed by atoms with E-state index in [0.29, 0.717) is 29.4 Å². The van der Waals surface area contributed by atoms with Gasteiger partial charge in [-0.25, -0.2) is 8.42 Å². The lowest BCUT2D eigenvalue weighted by molar-refractivity contribution is 0.394. The van der Waals surface area contributed by atoms with Gasteiger partial charge in [-0.2, -0.15) is 4.98 Å². The lowest BCUT2D eigenvalue weighted by Gasteiger charge is -2.31. The lowest BCUT2D eigenvalue weighted by atomic mass is 10.0. The Bertz CT molecular complexity index is 1070. The summed E-state index contributed by atoms with van der Waals surface area (Å²) in [6.07, 6.45) is 1.70. The number of fused-ring (bicyclic) bond motifs is 1. The molecule has 26 heavy (non-hydrogen) atoms. The summed E-state index contributed by atoms with van der Waals surface area (Å²) in [7, 11) is -3.68. The number of aryl methyl sites for hydroxylation is 3. The molecule has 2 heterocycles. The molecule has 0 N–H and O–H groups in total. The summed E-state index contributed by atoms with van der Waals surface area (Å²) in [5.74, 6) is 0.827. The monoisotopic (exact) mass is 369 g/mol. The highest BCUT2D eigenvalue weighted by molar-refractivity contribution is 7.92. The number of hydrogen-bond acceptors (Lipinski definition) is 5. The van der Waals surface area contributed by atoms with Gasteiger partial charge in [-0.1, -0.05) is 35.5 Å². The maximum absolute atomic E-state index is 13.4. The molecule has 0 spiro atoms. The van der Waals surface area contributed by atoms with Crippen LogP contribution in [0.15, 0.2) is 51.9 Å². The molecule has 3 aromatic rings. The number of aromatic nitrogens is 2.